The molecule has 6 rings (SSSR count). The molecule has 3 N–H and O–H groups in total. The fraction of sp³-hybridized carbons (Fsp3) is 0.0732. The van der Waals surface area contributed by atoms with E-state index in [1.807, 2.05) is 97.2 Å². The zero-order valence-corrected chi connectivity index (χ0v) is 31.7. The van der Waals surface area contributed by atoms with Crippen LogP contribution in [0, 0.1) is 0 Å². The zero-order valence-electron chi connectivity index (χ0n) is 28.5. The lowest BCUT2D eigenvalue weighted by atomic mass is 10.1. The number of halogens is 2. The molecule has 5 aromatic carbocycles. The first kappa shape index (κ1) is 37.4. The molecule has 53 heavy (non-hydrogen) atoms. The second kappa shape index (κ2) is 17.4. The van der Waals surface area contributed by atoms with Crippen molar-refractivity contribution in [1.29, 1.82) is 0 Å². The molecule has 8 nitrogen and oxygen atoms in total. The van der Waals surface area contributed by atoms with E-state index in [0.717, 1.165) is 21.7 Å². The van der Waals surface area contributed by atoms with Crippen LogP contribution in [-0.4, -0.2) is 36.8 Å². The summed E-state index contributed by atoms with van der Waals surface area (Å²) in [7, 11) is 3.89. The number of hydrogen-bond acceptors (Lipinski definition) is 7. The van der Waals surface area contributed by atoms with E-state index >= 15 is 0 Å². The largest absolute Gasteiger partial charge is 0.378 e. The number of thiazole rings is 1. The van der Waals surface area contributed by atoms with E-state index in [1.54, 1.807) is 60.7 Å². The van der Waals surface area contributed by atoms with Crippen molar-refractivity contribution in [2.45, 2.75) is 10.1 Å². The highest BCUT2D eigenvalue weighted by molar-refractivity contribution is 8.00. The molecule has 1 aromatic heterocycles. The highest BCUT2D eigenvalue weighted by Crippen LogP contribution is 2.38. The Kier molecular flexibility index (Phi) is 12.3. The van der Waals surface area contributed by atoms with E-state index in [4.69, 9.17) is 23.2 Å². The van der Waals surface area contributed by atoms with Crippen LogP contribution in [-0.2, 0) is 9.59 Å². The van der Waals surface area contributed by atoms with Gasteiger partial charge in [-0.2, -0.15) is 0 Å². The Bertz CT molecular complexity index is 2250. The molecule has 0 bridgehead atoms. The molecule has 1 unspecified atom stereocenters. The summed E-state index contributed by atoms with van der Waals surface area (Å²) >= 11 is 15.1. The van der Waals surface area contributed by atoms with E-state index in [2.05, 4.69) is 20.9 Å². The number of hydrogen-bond donors (Lipinski definition) is 3. The van der Waals surface area contributed by atoms with Crippen molar-refractivity contribution in [3.8, 4) is 11.3 Å². The number of carbonyl (C=O) groups is 3. The summed E-state index contributed by atoms with van der Waals surface area (Å²) in [5.74, 6) is -1.14. The Hall–Kier alpha value is -5.39. The van der Waals surface area contributed by atoms with Crippen molar-refractivity contribution in [2.75, 3.05) is 29.6 Å². The van der Waals surface area contributed by atoms with Gasteiger partial charge in [0, 0.05) is 51.9 Å². The number of nitrogens with one attached hydrogen (secondary N) is 3. The van der Waals surface area contributed by atoms with E-state index in [0.29, 0.717) is 37.7 Å². The average Bonchev–Trinajstić information content (AvgIpc) is 3.62. The number of aromatic nitrogens is 1. The van der Waals surface area contributed by atoms with E-state index in [9.17, 15) is 14.4 Å². The summed E-state index contributed by atoms with van der Waals surface area (Å²) in [6, 6.07) is 38.2. The van der Waals surface area contributed by atoms with Crippen molar-refractivity contribution in [3.05, 3.63) is 165 Å². The van der Waals surface area contributed by atoms with Crippen LogP contribution in [0.4, 0.5) is 16.5 Å². The van der Waals surface area contributed by atoms with Crippen LogP contribution in [0.1, 0.15) is 26.7 Å². The van der Waals surface area contributed by atoms with Crippen LogP contribution in [0.25, 0.3) is 17.3 Å². The number of thioether (sulfide) groups is 1. The minimum Gasteiger partial charge on any atom is -0.378 e. The standard InChI is InChI=1S/C41H33Cl2N5O3S2/c1-48(2)31-18-13-26(14-19-31)23-35(45-38(49)28-11-7-4-8-12-28)39(50)44-30-16-20-32(21-17-30)53-37(27-9-5-3-6-10-27)40(51)47-41-46-36(25-52-41)33-22-15-29(42)24-34(33)43/h3-25,37H,1-2H3,(H,44,50)(H,45,49)(H,46,47,51)/b35-23-. The van der Waals surface area contributed by atoms with Crippen LogP contribution in [0.15, 0.2) is 143 Å². The number of rotatable bonds is 12. The van der Waals surface area contributed by atoms with Crippen LogP contribution < -0.4 is 20.9 Å². The Morgan fingerprint density at radius 3 is 2.15 bits per heavy atom. The Balaban J connectivity index is 1.17. The Labute approximate surface area is 325 Å². The molecule has 0 radical (unpaired) electrons. The fourth-order valence-corrected chi connectivity index (χ4v) is 7.40. The van der Waals surface area contributed by atoms with Gasteiger partial charge in [0.15, 0.2) is 5.13 Å². The van der Waals surface area contributed by atoms with Gasteiger partial charge in [-0.25, -0.2) is 4.98 Å². The monoisotopic (exact) mass is 777 g/mol. The average molecular weight is 779 g/mol. The lowest BCUT2D eigenvalue weighted by Gasteiger charge is -2.17. The molecule has 266 valence electrons. The van der Waals surface area contributed by atoms with E-state index in [-0.39, 0.29) is 11.6 Å². The predicted molar refractivity (Wildman–Crippen MR) is 219 cm³/mol. The van der Waals surface area contributed by atoms with Gasteiger partial charge in [0.05, 0.1) is 10.7 Å². The van der Waals surface area contributed by atoms with Gasteiger partial charge in [0.2, 0.25) is 5.91 Å². The van der Waals surface area contributed by atoms with E-state index < -0.39 is 17.1 Å². The number of carbonyl (C=O) groups excluding carboxylic acids is 3. The van der Waals surface area contributed by atoms with Crippen molar-refractivity contribution < 1.29 is 14.4 Å². The molecular weight excluding hydrogens is 746 g/mol. The second-order valence-corrected chi connectivity index (χ2v) is 14.8. The van der Waals surface area contributed by atoms with Gasteiger partial charge in [0.1, 0.15) is 10.9 Å². The summed E-state index contributed by atoms with van der Waals surface area (Å²) in [6.45, 7) is 0. The van der Waals surface area contributed by atoms with Crippen LogP contribution >= 0.6 is 46.3 Å². The molecule has 0 fully saturated rings. The zero-order chi connectivity index (χ0) is 37.3. The number of anilines is 3. The smallest absolute Gasteiger partial charge is 0.272 e. The molecule has 0 saturated heterocycles. The molecule has 0 saturated carbocycles. The number of benzene rings is 5. The highest BCUT2D eigenvalue weighted by Gasteiger charge is 2.24. The summed E-state index contributed by atoms with van der Waals surface area (Å²) in [5, 5.41) is 11.3. The molecular formula is C41H33Cl2N5O3S2. The maximum absolute atomic E-state index is 13.7. The molecule has 0 aliphatic rings. The summed E-state index contributed by atoms with van der Waals surface area (Å²) in [4.78, 5) is 47.8. The van der Waals surface area contributed by atoms with Crippen LogP contribution in [0.3, 0.4) is 0 Å². The topological polar surface area (TPSA) is 103 Å². The first-order valence-corrected chi connectivity index (χ1v) is 18.8. The van der Waals surface area contributed by atoms with Gasteiger partial charge in [0.25, 0.3) is 11.8 Å². The molecule has 3 amide bonds. The Morgan fingerprint density at radius 1 is 0.811 bits per heavy atom. The molecule has 6 aromatic rings. The van der Waals surface area contributed by atoms with Gasteiger partial charge in [-0.05, 0) is 83.9 Å². The predicted octanol–water partition coefficient (Wildman–Crippen LogP) is 10.1. The summed E-state index contributed by atoms with van der Waals surface area (Å²) in [5.41, 5.74) is 4.93. The quantitative estimate of drug-likeness (QED) is 0.0845. The third-order valence-electron chi connectivity index (χ3n) is 7.90. The van der Waals surface area contributed by atoms with Crippen LogP contribution in [0.5, 0.6) is 0 Å². The van der Waals surface area contributed by atoms with Crippen LogP contribution in [0.2, 0.25) is 10.0 Å². The van der Waals surface area contributed by atoms with Crippen molar-refractivity contribution in [3.63, 3.8) is 0 Å². The minimum atomic E-state index is -0.607. The Morgan fingerprint density at radius 2 is 1.49 bits per heavy atom. The van der Waals surface area contributed by atoms with Gasteiger partial charge in [-0.15, -0.1) is 23.1 Å². The second-order valence-electron chi connectivity index (χ2n) is 11.9. The third kappa shape index (κ3) is 9.94. The maximum atomic E-state index is 13.7. The highest BCUT2D eigenvalue weighted by atomic mass is 35.5. The van der Waals surface area contributed by atoms with Gasteiger partial charge >= 0.3 is 0 Å². The molecule has 0 aliphatic heterocycles. The lowest BCUT2D eigenvalue weighted by Crippen LogP contribution is -2.30. The first-order chi connectivity index (χ1) is 25.6. The molecule has 1 atom stereocenters. The van der Waals surface area contributed by atoms with E-state index in [1.165, 1.54) is 23.1 Å². The minimum absolute atomic E-state index is 0.0828. The number of nitrogens with zero attached hydrogens (tertiary/aromatic N) is 2. The first-order valence-electron chi connectivity index (χ1n) is 16.3. The SMILES string of the molecule is CN(C)c1ccc(/C=C(\NC(=O)c2ccccc2)C(=O)Nc2ccc(SC(C(=O)Nc3nc(-c4ccc(Cl)cc4Cl)cs3)c3ccccc3)cc2)cc1. The van der Waals surface area contributed by atoms with Gasteiger partial charge < -0.3 is 20.9 Å². The summed E-state index contributed by atoms with van der Waals surface area (Å²) in [6.07, 6.45) is 1.64. The fourth-order valence-electron chi connectivity index (χ4n) is 5.15. The molecule has 0 aliphatic carbocycles. The number of amides is 3. The van der Waals surface area contributed by atoms with Gasteiger partial charge in [-0.3, -0.25) is 14.4 Å². The van der Waals surface area contributed by atoms with Crippen molar-refractivity contribution in [2.24, 2.45) is 0 Å². The third-order valence-corrected chi connectivity index (χ3v) is 10.5. The lowest BCUT2D eigenvalue weighted by molar-refractivity contribution is -0.116. The van der Waals surface area contributed by atoms with Gasteiger partial charge in [-0.1, -0.05) is 83.9 Å². The summed E-state index contributed by atoms with van der Waals surface area (Å²) < 4.78 is 0. The normalized spacial score (nSPS) is 11.7. The molecule has 0 spiro atoms. The molecule has 12 heteroatoms. The van der Waals surface area contributed by atoms with Crippen molar-refractivity contribution in [1.82, 2.24) is 10.3 Å². The van der Waals surface area contributed by atoms with Crippen molar-refractivity contribution >= 4 is 86.6 Å². The maximum Gasteiger partial charge on any atom is 0.272 e. The molecule has 1 heterocycles.